The lowest BCUT2D eigenvalue weighted by atomic mass is 10.1. The van der Waals surface area contributed by atoms with Crippen molar-refractivity contribution in [3.8, 4) is 0 Å². The van der Waals surface area contributed by atoms with Crippen molar-refractivity contribution in [1.82, 2.24) is 4.98 Å². The molecule has 1 aromatic heterocycles. The third kappa shape index (κ3) is 3.04. The number of carboxylic acid groups (broad SMARTS) is 1. The molecule has 16 heavy (non-hydrogen) atoms. The molecule has 0 saturated carbocycles. The highest BCUT2D eigenvalue weighted by atomic mass is 35.5. The van der Waals surface area contributed by atoms with E-state index in [9.17, 15) is 14.3 Å². The maximum absolute atomic E-state index is 13.2. The molecule has 0 saturated heterocycles. The van der Waals surface area contributed by atoms with Crippen molar-refractivity contribution < 1.29 is 19.4 Å². The predicted octanol–water partition coefficient (Wildman–Crippen LogP) is 1.12. The Morgan fingerprint density at radius 1 is 1.75 bits per heavy atom. The molecule has 0 aromatic carbocycles. The number of aliphatic carboxylic acids is 1. The minimum Gasteiger partial charge on any atom is -0.479 e. The van der Waals surface area contributed by atoms with Gasteiger partial charge in [-0.25, -0.2) is 14.2 Å². The van der Waals surface area contributed by atoms with E-state index in [1.165, 1.54) is 6.20 Å². The van der Waals surface area contributed by atoms with Crippen LogP contribution >= 0.6 is 11.6 Å². The molecule has 1 heterocycles. The van der Waals surface area contributed by atoms with Crippen LogP contribution in [0.25, 0.3) is 0 Å². The van der Waals surface area contributed by atoms with Crippen molar-refractivity contribution in [3.63, 3.8) is 0 Å². The molecule has 1 unspecified atom stereocenters. The highest BCUT2D eigenvalue weighted by molar-refractivity contribution is 6.30. The van der Waals surface area contributed by atoms with E-state index < -0.39 is 17.4 Å². The Hall–Kier alpha value is -1.40. The van der Waals surface area contributed by atoms with Gasteiger partial charge in [0, 0.05) is 6.20 Å². The van der Waals surface area contributed by atoms with Gasteiger partial charge in [0.25, 0.3) is 0 Å². The van der Waals surface area contributed by atoms with E-state index in [0.29, 0.717) is 0 Å². The lowest BCUT2D eigenvalue weighted by Gasteiger charge is -2.18. The second kappa shape index (κ2) is 4.63. The summed E-state index contributed by atoms with van der Waals surface area (Å²) in [5, 5.41) is 20.5. The number of hydrogen-bond donors (Lipinski definition) is 3. The molecule has 0 spiro atoms. The molecular weight excluding hydrogens is 239 g/mol. The lowest BCUT2D eigenvalue weighted by Crippen LogP contribution is -2.42. The fourth-order valence-corrected chi connectivity index (χ4v) is 1.02. The Balaban J connectivity index is 2.72. The molecule has 1 aromatic rings. The molecule has 0 fully saturated rings. The number of aromatic nitrogens is 1. The number of nitrogens with zero attached hydrogens (tertiary/aromatic N) is 1. The van der Waals surface area contributed by atoms with E-state index in [-0.39, 0.29) is 17.4 Å². The standard InChI is InChI=1S/C9H10ClFN2O3/c1-9(16,8(14)15)4-13-7-6(11)2-5(10)3-12-7/h2-3,16H,4H2,1H3,(H,12,13)(H,14,15). The van der Waals surface area contributed by atoms with Gasteiger partial charge < -0.3 is 15.5 Å². The molecular formula is C9H10ClFN2O3. The average Bonchev–Trinajstić information content (AvgIpc) is 2.16. The Morgan fingerprint density at radius 3 is 2.88 bits per heavy atom. The zero-order valence-electron chi connectivity index (χ0n) is 8.37. The molecule has 1 rings (SSSR count). The molecule has 0 radical (unpaired) electrons. The monoisotopic (exact) mass is 248 g/mol. The second-order valence-electron chi connectivity index (χ2n) is 3.42. The van der Waals surface area contributed by atoms with Crippen molar-refractivity contribution in [3.05, 3.63) is 23.1 Å². The number of hydrogen-bond acceptors (Lipinski definition) is 4. The van der Waals surface area contributed by atoms with Crippen LogP contribution < -0.4 is 5.32 Å². The van der Waals surface area contributed by atoms with E-state index >= 15 is 0 Å². The van der Waals surface area contributed by atoms with Gasteiger partial charge in [-0.05, 0) is 13.0 Å². The first kappa shape index (κ1) is 12.7. The minimum atomic E-state index is -1.99. The zero-order valence-corrected chi connectivity index (χ0v) is 9.12. The van der Waals surface area contributed by atoms with Crippen LogP contribution in [0.4, 0.5) is 10.2 Å². The highest BCUT2D eigenvalue weighted by Gasteiger charge is 2.29. The molecule has 88 valence electrons. The van der Waals surface area contributed by atoms with Crippen LogP contribution in [0.15, 0.2) is 12.3 Å². The van der Waals surface area contributed by atoms with Crippen LogP contribution in [0.5, 0.6) is 0 Å². The van der Waals surface area contributed by atoms with Gasteiger partial charge in [0.05, 0.1) is 11.6 Å². The van der Waals surface area contributed by atoms with E-state index in [0.717, 1.165) is 13.0 Å². The summed E-state index contributed by atoms with van der Waals surface area (Å²) >= 11 is 5.48. The van der Waals surface area contributed by atoms with Crippen LogP contribution in [0, 0.1) is 5.82 Å². The third-order valence-electron chi connectivity index (χ3n) is 1.87. The van der Waals surface area contributed by atoms with Gasteiger partial charge in [-0.1, -0.05) is 11.6 Å². The number of anilines is 1. The Morgan fingerprint density at radius 2 is 2.38 bits per heavy atom. The number of carboxylic acids is 1. The number of nitrogens with one attached hydrogen (secondary N) is 1. The second-order valence-corrected chi connectivity index (χ2v) is 3.85. The molecule has 0 amide bonds. The molecule has 7 heteroatoms. The molecule has 0 bridgehead atoms. The highest BCUT2D eigenvalue weighted by Crippen LogP contribution is 2.16. The van der Waals surface area contributed by atoms with E-state index in [1.54, 1.807) is 0 Å². The maximum Gasteiger partial charge on any atom is 0.337 e. The molecule has 0 aliphatic rings. The summed E-state index contributed by atoms with van der Waals surface area (Å²) in [5.74, 6) is -2.28. The predicted molar refractivity (Wildman–Crippen MR) is 56.0 cm³/mol. The first-order chi connectivity index (χ1) is 7.33. The Bertz CT molecular complexity index is 412. The fourth-order valence-electron chi connectivity index (χ4n) is 0.876. The van der Waals surface area contributed by atoms with Crippen LogP contribution in [0.2, 0.25) is 5.02 Å². The van der Waals surface area contributed by atoms with E-state index in [2.05, 4.69) is 10.3 Å². The van der Waals surface area contributed by atoms with E-state index in [1.807, 2.05) is 0 Å². The van der Waals surface area contributed by atoms with Gasteiger partial charge in [-0.15, -0.1) is 0 Å². The molecule has 1 atom stereocenters. The minimum absolute atomic E-state index is 0.132. The third-order valence-corrected chi connectivity index (χ3v) is 2.08. The normalized spacial score (nSPS) is 14.2. The summed E-state index contributed by atoms with van der Waals surface area (Å²) in [7, 11) is 0. The van der Waals surface area contributed by atoms with Gasteiger partial charge in [-0.3, -0.25) is 0 Å². The Labute approximate surface area is 95.9 Å². The summed E-state index contributed by atoms with van der Waals surface area (Å²) in [6.07, 6.45) is 1.21. The van der Waals surface area contributed by atoms with Crippen molar-refractivity contribution >= 4 is 23.4 Å². The number of halogens is 2. The van der Waals surface area contributed by atoms with Crippen molar-refractivity contribution in [2.45, 2.75) is 12.5 Å². The number of aliphatic hydroxyl groups is 1. The van der Waals surface area contributed by atoms with Gasteiger partial charge in [0.2, 0.25) is 0 Å². The van der Waals surface area contributed by atoms with Crippen molar-refractivity contribution in [2.75, 3.05) is 11.9 Å². The van der Waals surface area contributed by atoms with Crippen LogP contribution in [-0.2, 0) is 4.79 Å². The van der Waals surface area contributed by atoms with Crippen molar-refractivity contribution in [2.24, 2.45) is 0 Å². The topological polar surface area (TPSA) is 82.5 Å². The molecule has 0 aliphatic heterocycles. The smallest absolute Gasteiger partial charge is 0.337 e. The van der Waals surface area contributed by atoms with Crippen LogP contribution in [0.3, 0.4) is 0 Å². The number of pyridine rings is 1. The average molecular weight is 249 g/mol. The summed E-state index contributed by atoms with van der Waals surface area (Å²) in [6.45, 7) is 0.726. The van der Waals surface area contributed by atoms with Crippen LogP contribution in [-0.4, -0.2) is 33.3 Å². The summed E-state index contributed by atoms with van der Waals surface area (Å²) in [4.78, 5) is 14.2. The maximum atomic E-state index is 13.2. The zero-order chi connectivity index (χ0) is 12.3. The van der Waals surface area contributed by atoms with E-state index in [4.69, 9.17) is 16.7 Å². The Kier molecular flexibility index (Phi) is 3.66. The quantitative estimate of drug-likeness (QED) is 0.744. The number of carbonyl (C=O) groups is 1. The molecule has 5 nitrogen and oxygen atoms in total. The SMILES string of the molecule is CC(O)(CNc1ncc(Cl)cc1F)C(=O)O. The summed E-state index contributed by atoms with van der Waals surface area (Å²) < 4.78 is 13.2. The number of rotatable bonds is 4. The first-order valence-corrected chi connectivity index (χ1v) is 4.71. The van der Waals surface area contributed by atoms with Crippen LogP contribution in [0.1, 0.15) is 6.92 Å². The van der Waals surface area contributed by atoms with Gasteiger partial charge in [0.1, 0.15) is 0 Å². The largest absolute Gasteiger partial charge is 0.479 e. The fraction of sp³-hybridized carbons (Fsp3) is 0.333. The lowest BCUT2D eigenvalue weighted by molar-refractivity contribution is -0.155. The van der Waals surface area contributed by atoms with Gasteiger partial charge >= 0.3 is 5.97 Å². The van der Waals surface area contributed by atoms with Crippen molar-refractivity contribution in [1.29, 1.82) is 0 Å². The van der Waals surface area contributed by atoms with Gasteiger partial charge in [-0.2, -0.15) is 0 Å². The molecule has 0 aliphatic carbocycles. The summed E-state index contributed by atoms with van der Waals surface area (Å²) in [5.41, 5.74) is -1.99. The first-order valence-electron chi connectivity index (χ1n) is 4.33. The molecule has 3 N–H and O–H groups in total. The van der Waals surface area contributed by atoms with Gasteiger partial charge in [0.15, 0.2) is 17.2 Å². The summed E-state index contributed by atoms with van der Waals surface area (Å²) in [6, 6.07) is 1.03.